The van der Waals surface area contributed by atoms with E-state index in [1.54, 1.807) is 6.92 Å². The molecule has 6 heteroatoms. The van der Waals surface area contributed by atoms with Crippen LogP contribution in [0.25, 0.3) is 0 Å². The van der Waals surface area contributed by atoms with E-state index in [1.807, 2.05) is 0 Å². The molecular weight excluding hydrogens is 272 g/mol. The largest absolute Gasteiger partial charge is 0.463 e. The SMILES string of the molecule is CCOC(=O)/C=C/C[C@@H](NC(=O)C1CCCCC1)C(N)=O. The monoisotopic (exact) mass is 296 g/mol. The molecule has 1 rings (SSSR count). The number of carbonyl (C=O) groups is 3. The van der Waals surface area contributed by atoms with E-state index < -0.39 is 17.9 Å². The van der Waals surface area contributed by atoms with Gasteiger partial charge >= 0.3 is 5.97 Å². The Morgan fingerprint density at radius 2 is 1.95 bits per heavy atom. The Bertz CT molecular complexity index is 400. The summed E-state index contributed by atoms with van der Waals surface area (Å²) in [5, 5.41) is 2.68. The number of rotatable bonds is 7. The fraction of sp³-hybridized carbons (Fsp3) is 0.667. The standard InChI is InChI=1S/C15H24N2O4/c1-2-21-13(18)10-6-9-12(14(16)19)17-15(20)11-7-4-3-5-8-11/h6,10-12H,2-5,7-9H2,1H3,(H2,16,19)(H,17,20)/b10-6+/t12-/m1/s1. The molecule has 2 amide bonds. The van der Waals surface area contributed by atoms with E-state index in [4.69, 9.17) is 10.5 Å². The lowest BCUT2D eigenvalue weighted by molar-refractivity contribution is -0.137. The molecule has 3 N–H and O–H groups in total. The molecule has 0 aliphatic heterocycles. The average Bonchev–Trinajstić information content (AvgIpc) is 2.47. The van der Waals surface area contributed by atoms with Gasteiger partial charge in [-0.25, -0.2) is 4.79 Å². The fourth-order valence-corrected chi connectivity index (χ4v) is 2.39. The van der Waals surface area contributed by atoms with Crippen LogP contribution in [0.3, 0.4) is 0 Å². The molecule has 0 spiro atoms. The Kier molecular flexibility index (Phi) is 7.50. The summed E-state index contributed by atoms with van der Waals surface area (Å²) in [5.41, 5.74) is 5.29. The molecule has 0 aromatic rings. The number of primary amides is 1. The lowest BCUT2D eigenvalue weighted by Crippen LogP contribution is -2.46. The maximum Gasteiger partial charge on any atom is 0.330 e. The summed E-state index contributed by atoms with van der Waals surface area (Å²) in [6, 6.07) is -0.787. The summed E-state index contributed by atoms with van der Waals surface area (Å²) < 4.78 is 4.73. The molecule has 1 aliphatic carbocycles. The molecule has 1 aliphatic rings. The second-order valence-electron chi connectivity index (χ2n) is 5.19. The van der Waals surface area contributed by atoms with Crippen molar-refractivity contribution >= 4 is 17.8 Å². The van der Waals surface area contributed by atoms with Crippen molar-refractivity contribution in [3.63, 3.8) is 0 Å². The smallest absolute Gasteiger partial charge is 0.330 e. The number of carbonyl (C=O) groups excluding carboxylic acids is 3. The van der Waals surface area contributed by atoms with Crippen LogP contribution in [0.5, 0.6) is 0 Å². The molecule has 0 aromatic heterocycles. The molecule has 0 unspecified atom stereocenters. The highest BCUT2D eigenvalue weighted by Gasteiger charge is 2.24. The average molecular weight is 296 g/mol. The van der Waals surface area contributed by atoms with Crippen molar-refractivity contribution < 1.29 is 19.1 Å². The number of nitrogens with one attached hydrogen (secondary N) is 1. The van der Waals surface area contributed by atoms with Gasteiger partial charge in [-0.2, -0.15) is 0 Å². The molecule has 6 nitrogen and oxygen atoms in total. The molecule has 1 atom stereocenters. The predicted molar refractivity (Wildman–Crippen MR) is 78.1 cm³/mol. The minimum absolute atomic E-state index is 0.0327. The number of amides is 2. The maximum absolute atomic E-state index is 12.1. The third-order valence-electron chi connectivity index (χ3n) is 3.55. The van der Waals surface area contributed by atoms with Gasteiger partial charge in [-0.15, -0.1) is 0 Å². The molecule has 0 saturated heterocycles. The molecule has 0 heterocycles. The highest BCUT2D eigenvalue weighted by molar-refractivity contribution is 5.88. The maximum atomic E-state index is 12.1. The fourth-order valence-electron chi connectivity index (χ4n) is 2.39. The van der Waals surface area contributed by atoms with Crippen molar-refractivity contribution in [3.8, 4) is 0 Å². The molecule has 1 saturated carbocycles. The van der Waals surface area contributed by atoms with Crippen LogP contribution in [0, 0.1) is 5.92 Å². The van der Waals surface area contributed by atoms with E-state index in [0.29, 0.717) is 6.61 Å². The van der Waals surface area contributed by atoms with Crippen molar-refractivity contribution in [2.45, 2.75) is 51.5 Å². The highest BCUT2D eigenvalue weighted by Crippen LogP contribution is 2.23. The van der Waals surface area contributed by atoms with E-state index in [0.717, 1.165) is 32.1 Å². The molecule has 0 aromatic carbocycles. The Morgan fingerprint density at radius 3 is 2.52 bits per heavy atom. The van der Waals surface area contributed by atoms with E-state index in [2.05, 4.69) is 5.32 Å². The van der Waals surface area contributed by atoms with Crippen LogP contribution in [0.2, 0.25) is 0 Å². The van der Waals surface area contributed by atoms with Gasteiger partial charge in [0, 0.05) is 12.0 Å². The summed E-state index contributed by atoms with van der Waals surface area (Å²) in [6.45, 7) is 2.00. The lowest BCUT2D eigenvalue weighted by atomic mass is 9.88. The van der Waals surface area contributed by atoms with Crippen LogP contribution in [-0.4, -0.2) is 30.4 Å². The first kappa shape index (κ1) is 17.2. The second-order valence-corrected chi connectivity index (χ2v) is 5.19. The number of hydrogen-bond acceptors (Lipinski definition) is 4. The van der Waals surface area contributed by atoms with Gasteiger partial charge in [-0.3, -0.25) is 9.59 Å². The van der Waals surface area contributed by atoms with Crippen molar-refractivity contribution in [2.75, 3.05) is 6.61 Å². The van der Waals surface area contributed by atoms with Crippen LogP contribution in [0.4, 0.5) is 0 Å². The normalized spacial score (nSPS) is 17.4. The first-order chi connectivity index (χ1) is 10.0. The van der Waals surface area contributed by atoms with Gasteiger partial charge in [0.2, 0.25) is 11.8 Å². The number of hydrogen-bond donors (Lipinski definition) is 2. The molecule has 0 radical (unpaired) electrons. The molecule has 0 bridgehead atoms. The summed E-state index contributed by atoms with van der Waals surface area (Å²) in [4.78, 5) is 34.6. The van der Waals surface area contributed by atoms with Crippen LogP contribution in [-0.2, 0) is 19.1 Å². The first-order valence-corrected chi connectivity index (χ1v) is 7.47. The zero-order valence-corrected chi connectivity index (χ0v) is 12.5. The van der Waals surface area contributed by atoms with Crippen LogP contribution >= 0.6 is 0 Å². The Labute approximate surface area is 125 Å². The first-order valence-electron chi connectivity index (χ1n) is 7.47. The molecule has 1 fully saturated rings. The number of ether oxygens (including phenoxy) is 1. The van der Waals surface area contributed by atoms with Gasteiger partial charge in [0.15, 0.2) is 0 Å². The van der Waals surface area contributed by atoms with Crippen LogP contribution in [0.1, 0.15) is 45.4 Å². The Balaban J connectivity index is 2.47. The molecule has 21 heavy (non-hydrogen) atoms. The van der Waals surface area contributed by atoms with Gasteiger partial charge in [-0.05, 0) is 26.2 Å². The Hall–Kier alpha value is -1.85. The van der Waals surface area contributed by atoms with Crippen molar-refractivity contribution in [1.82, 2.24) is 5.32 Å². The van der Waals surface area contributed by atoms with Crippen molar-refractivity contribution in [3.05, 3.63) is 12.2 Å². The minimum Gasteiger partial charge on any atom is -0.463 e. The number of nitrogens with two attached hydrogens (primary N) is 1. The summed E-state index contributed by atoms with van der Waals surface area (Å²) in [7, 11) is 0. The van der Waals surface area contributed by atoms with Crippen molar-refractivity contribution in [2.24, 2.45) is 11.7 Å². The van der Waals surface area contributed by atoms with Gasteiger partial charge in [-0.1, -0.05) is 25.3 Å². The molecular formula is C15H24N2O4. The summed E-state index contributed by atoms with van der Waals surface area (Å²) in [5.74, 6) is -1.23. The topological polar surface area (TPSA) is 98.5 Å². The van der Waals surface area contributed by atoms with Crippen LogP contribution in [0.15, 0.2) is 12.2 Å². The highest BCUT2D eigenvalue weighted by atomic mass is 16.5. The minimum atomic E-state index is -0.787. The van der Waals surface area contributed by atoms with Crippen LogP contribution < -0.4 is 11.1 Å². The lowest BCUT2D eigenvalue weighted by Gasteiger charge is -2.23. The third-order valence-corrected chi connectivity index (χ3v) is 3.55. The van der Waals surface area contributed by atoms with Gasteiger partial charge < -0.3 is 15.8 Å². The van der Waals surface area contributed by atoms with E-state index in [9.17, 15) is 14.4 Å². The van der Waals surface area contributed by atoms with E-state index in [1.165, 1.54) is 12.2 Å². The third kappa shape index (κ3) is 6.42. The quantitative estimate of drug-likeness (QED) is 0.542. The van der Waals surface area contributed by atoms with E-state index >= 15 is 0 Å². The summed E-state index contributed by atoms with van der Waals surface area (Å²) in [6.07, 6.45) is 7.88. The second kappa shape index (κ2) is 9.15. The van der Waals surface area contributed by atoms with Crippen molar-refractivity contribution in [1.29, 1.82) is 0 Å². The van der Waals surface area contributed by atoms with Gasteiger partial charge in [0.1, 0.15) is 6.04 Å². The summed E-state index contributed by atoms with van der Waals surface area (Å²) >= 11 is 0. The van der Waals surface area contributed by atoms with Gasteiger partial charge in [0.05, 0.1) is 6.61 Å². The van der Waals surface area contributed by atoms with Gasteiger partial charge in [0.25, 0.3) is 0 Å². The molecule has 118 valence electrons. The van der Waals surface area contributed by atoms with E-state index in [-0.39, 0.29) is 18.2 Å². The Morgan fingerprint density at radius 1 is 1.29 bits per heavy atom. The zero-order chi connectivity index (χ0) is 15.7. The zero-order valence-electron chi connectivity index (χ0n) is 12.5. The predicted octanol–water partition coefficient (Wildman–Crippen LogP) is 1.05. The number of esters is 1.